The summed E-state index contributed by atoms with van der Waals surface area (Å²) >= 11 is 0. The largest absolute Gasteiger partial charge is 0.573 e. The van der Waals surface area contributed by atoms with Gasteiger partial charge in [-0.05, 0) is 66.8 Å². The zero-order valence-corrected chi connectivity index (χ0v) is 17.9. The van der Waals surface area contributed by atoms with Crippen LogP contribution in [0.4, 0.5) is 18.9 Å². The van der Waals surface area contributed by atoms with E-state index in [2.05, 4.69) is 4.74 Å². The molecule has 1 amide bonds. The van der Waals surface area contributed by atoms with E-state index in [0.717, 1.165) is 22.4 Å². The van der Waals surface area contributed by atoms with Gasteiger partial charge in [-0.1, -0.05) is 48.5 Å². The number of ether oxygens (including phenoxy) is 1. The number of rotatable bonds is 7. The molecule has 3 rings (SSSR count). The van der Waals surface area contributed by atoms with E-state index in [9.17, 15) is 18.0 Å². The summed E-state index contributed by atoms with van der Waals surface area (Å²) in [5.74, 6) is -0.536. The number of aryl methyl sites for hydroxylation is 2. The molecule has 0 heterocycles. The Labute approximate surface area is 185 Å². The third kappa shape index (κ3) is 6.11. The van der Waals surface area contributed by atoms with Crippen molar-refractivity contribution in [2.75, 3.05) is 11.4 Å². The average molecular weight is 442 g/mol. The Balaban J connectivity index is 1.81. The van der Waals surface area contributed by atoms with Crippen LogP contribution in [0.25, 0.3) is 0 Å². The van der Waals surface area contributed by atoms with Crippen molar-refractivity contribution < 1.29 is 22.7 Å². The van der Waals surface area contributed by atoms with E-state index in [4.69, 9.17) is 5.73 Å². The number of nitrogens with zero attached hydrogens (tertiary/aromatic N) is 1. The molecule has 0 saturated heterocycles. The minimum Gasteiger partial charge on any atom is -0.406 e. The summed E-state index contributed by atoms with van der Waals surface area (Å²) in [4.78, 5) is 15.0. The fourth-order valence-electron chi connectivity index (χ4n) is 3.33. The maximum absolute atomic E-state index is 13.3. The van der Waals surface area contributed by atoms with Crippen molar-refractivity contribution in [1.29, 1.82) is 0 Å². The zero-order valence-electron chi connectivity index (χ0n) is 17.9. The van der Waals surface area contributed by atoms with E-state index in [1.807, 2.05) is 50.2 Å². The van der Waals surface area contributed by atoms with Crippen LogP contribution in [-0.2, 0) is 11.2 Å². The lowest BCUT2D eigenvalue weighted by Gasteiger charge is -2.27. The Morgan fingerprint density at radius 2 is 1.62 bits per heavy atom. The molecule has 0 saturated carbocycles. The zero-order chi connectivity index (χ0) is 23.3. The first kappa shape index (κ1) is 23.3. The number of carbonyl (C=O) groups is 1. The summed E-state index contributed by atoms with van der Waals surface area (Å²) in [5.41, 5.74) is 10.6. The van der Waals surface area contributed by atoms with Crippen molar-refractivity contribution >= 4 is 11.6 Å². The SMILES string of the molecule is Cc1ccc(N(CCc2ccc(OC(F)(F)F)cc2)C(=O)[C@@H](N)c2ccccc2)cc1C. The predicted octanol–water partition coefficient (Wildman–Crippen LogP) is 5.48. The van der Waals surface area contributed by atoms with Crippen LogP contribution in [0.15, 0.2) is 72.8 Å². The second kappa shape index (κ2) is 9.87. The molecule has 2 N–H and O–H groups in total. The number of anilines is 1. The predicted molar refractivity (Wildman–Crippen MR) is 118 cm³/mol. The van der Waals surface area contributed by atoms with Gasteiger partial charge in [-0.2, -0.15) is 0 Å². The smallest absolute Gasteiger partial charge is 0.406 e. The molecule has 0 bridgehead atoms. The number of amides is 1. The van der Waals surface area contributed by atoms with Crippen molar-refractivity contribution in [2.24, 2.45) is 5.73 Å². The molecule has 32 heavy (non-hydrogen) atoms. The highest BCUT2D eigenvalue weighted by atomic mass is 19.4. The van der Waals surface area contributed by atoms with Crippen molar-refractivity contribution in [1.82, 2.24) is 0 Å². The molecule has 3 aromatic rings. The summed E-state index contributed by atoms with van der Waals surface area (Å²) in [6.07, 6.45) is -4.30. The van der Waals surface area contributed by atoms with Crippen LogP contribution in [0.3, 0.4) is 0 Å². The Kier molecular flexibility index (Phi) is 7.20. The van der Waals surface area contributed by atoms with Crippen LogP contribution in [0.2, 0.25) is 0 Å². The monoisotopic (exact) mass is 442 g/mol. The van der Waals surface area contributed by atoms with Gasteiger partial charge in [-0.3, -0.25) is 4.79 Å². The molecule has 0 fully saturated rings. The fourth-order valence-corrected chi connectivity index (χ4v) is 3.33. The normalized spacial score (nSPS) is 12.3. The summed E-state index contributed by atoms with van der Waals surface area (Å²) in [7, 11) is 0. The molecule has 0 unspecified atom stereocenters. The van der Waals surface area contributed by atoms with Crippen molar-refractivity contribution in [3.63, 3.8) is 0 Å². The molecule has 4 nitrogen and oxygen atoms in total. The van der Waals surface area contributed by atoms with E-state index >= 15 is 0 Å². The first-order valence-electron chi connectivity index (χ1n) is 10.2. The van der Waals surface area contributed by atoms with Crippen molar-refractivity contribution in [3.8, 4) is 5.75 Å². The Morgan fingerprint density at radius 1 is 0.969 bits per heavy atom. The number of carbonyl (C=O) groups excluding carboxylic acids is 1. The van der Waals surface area contributed by atoms with Gasteiger partial charge in [0.2, 0.25) is 5.91 Å². The van der Waals surface area contributed by atoms with Crippen LogP contribution >= 0.6 is 0 Å². The highest BCUT2D eigenvalue weighted by Crippen LogP contribution is 2.25. The second-order valence-corrected chi connectivity index (χ2v) is 7.59. The Hall–Kier alpha value is -3.32. The van der Waals surface area contributed by atoms with Gasteiger partial charge in [0.15, 0.2) is 0 Å². The lowest BCUT2D eigenvalue weighted by molar-refractivity contribution is -0.274. The van der Waals surface area contributed by atoms with Gasteiger partial charge >= 0.3 is 6.36 Å². The molecule has 7 heteroatoms. The molecule has 0 radical (unpaired) electrons. The molecule has 168 valence electrons. The second-order valence-electron chi connectivity index (χ2n) is 7.59. The van der Waals surface area contributed by atoms with Crippen LogP contribution < -0.4 is 15.4 Å². The molecular formula is C25H25F3N2O2. The highest BCUT2D eigenvalue weighted by Gasteiger charge is 2.31. The number of hydrogen-bond donors (Lipinski definition) is 1. The molecule has 0 aliphatic carbocycles. The van der Waals surface area contributed by atoms with Crippen LogP contribution in [0.1, 0.15) is 28.3 Å². The Bertz CT molecular complexity index is 1050. The van der Waals surface area contributed by atoms with Gasteiger partial charge in [0, 0.05) is 12.2 Å². The first-order valence-corrected chi connectivity index (χ1v) is 10.2. The van der Waals surface area contributed by atoms with E-state index in [1.54, 1.807) is 29.2 Å². The fraction of sp³-hybridized carbons (Fsp3) is 0.240. The van der Waals surface area contributed by atoms with Gasteiger partial charge in [-0.15, -0.1) is 13.2 Å². The quantitative estimate of drug-likeness (QED) is 0.527. The number of hydrogen-bond acceptors (Lipinski definition) is 3. The van der Waals surface area contributed by atoms with E-state index in [0.29, 0.717) is 18.5 Å². The van der Waals surface area contributed by atoms with Crippen molar-refractivity contribution in [2.45, 2.75) is 32.7 Å². The van der Waals surface area contributed by atoms with E-state index in [1.165, 1.54) is 12.1 Å². The third-order valence-corrected chi connectivity index (χ3v) is 5.27. The third-order valence-electron chi connectivity index (χ3n) is 5.27. The lowest BCUT2D eigenvalue weighted by atomic mass is 10.0. The lowest BCUT2D eigenvalue weighted by Crippen LogP contribution is -2.40. The first-order chi connectivity index (χ1) is 15.1. The molecule has 3 aromatic carbocycles. The van der Waals surface area contributed by atoms with Crippen LogP contribution in [0.5, 0.6) is 5.75 Å². The van der Waals surface area contributed by atoms with E-state index < -0.39 is 12.4 Å². The summed E-state index contributed by atoms with van der Waals surface area (Å²) in [6, 6.07) is 19.7. The molecule has 1 atom stereocenters. The van der Waals surface area contributed by atoms with E-state index in [-0.39, 0.29) is 11.7 Å². The molecule has 0 spiro atoms. The topological polar surface area (TPSA) is 55.6 Å². The number of nitrogens with two attached hydrogens (primary N) is 1. The minimum absolute atomic E-state index is 0.253. The summed E-state index contributed by atoms with van der Waals surface area (Å²) in [6.45, 7) is 4.28. The maximum Gasteiger partial charge on any atom is 0.573 e. The van der Waals surface area contributed by atoms with Gasteiger partial charge in [0.05, 0.1) is 0 Å². The average Bonchev–Trinajstić information content (AvgIpc) is 2.76. The van der Waals surface area contributed by atoms with Gasteiger partial charge in [-0.25, -0.2) is 0 Å². The number of halogens is 3. The van der Waals surface area contributed by atoms with Crippen molar-refractivity contribution in [3.05, 3.63) is 95.1 Å². The molecule has 0 aliphatic rings. The number of alkyl halides is 3. The van der Waals surface area contributed by atoms with Gasteiger partial charge < -0.3 is 15.4 Å². The summed E-state index contributed by atoms with van der Waals surface area (Å²) < 4.78 is 41.0. The minimum atomic E-state index is -4.73. The van der Waals surface area contributed by atoms with Gasteiger partial charge in [0.25, 0.3) is 0 Å². The van der Waals surface area contributed by atoms with Gasteiger partial charge in [0.1, 0.15) is 11.8 Å². The molecular weight excluding hydrogens is 417 g/mol. The van der Waals surface area contributed by atoms with Crippen LogP contribution in [-0.4, -0.2) is 18.8 Å². The molecule has 0 aromatic heterocycles. The molecule has 0 aliphatic heterocycles. The highest BCUT2D eigenvalue weighted by molar-refractivity contribution is 5.97. The summed E-state index contributed by atoms with van der Waals surface area (Å²) in [5, 5.41) is 0. The van der Waals surface area contributed by atoms with Crippen LogP contribution in [0, 0.1) is 13.8 Å². The Morgan fingerprint density at radius 3 is 2.22 bits per heavy atom. The standard InChI is InChI=1S/C25H25F3N2O2/c1-17-8-11-21(16-18(17)2)30(24(31)23(29)20-6-4-3-5-7-20)15-14-19-9-12-22(13-10-19)32-25(26,27)28/h3-13,16,23H,14-15,29H2,1-2H3/t23-/m0/s1. The maximum atomic E-state index is 13.3. The number of benzene rings is 3.